The lowest BCUT2D eigenvalue weighted by Gasteiger charge is -2.04. The van der Waals surface area contributed by atoms with Crippen LogP contribution in [0.15, 0.2) is 5.51 Å². The number of carboxylic acids is 1. The number of thiazole rings is 1. The fourth-order valence-electron chi connectivity index (χ4n) is 1.57. The van der Waals surface area contributed by atoms with E-state index in [1.165, 1.54) is 11.3 Å². The number of hydrogen-bond acceptors (Lipinski definition) is 4. The molecule has 0 saturated carbocycles. The minimum absolute atomic E-state index is 0.0763. The second-order valence-corrected chi connectivity index (χ2v) is 4.80. The highest BCUT2D eigenvalue weighted by Gasteiger charge is 2.12. The molecule has 0 aliphatic heterocycles. The summed E-state index contributed by atoms with van der Waals surface area (Å²) in [6.45, 7) is 2.55. The Morgan fingerprint density at radius 2 is 2.17 bits per heavy atom. The number of unbranched alkanes of at least 4 members (excludes halogenated alkanes) is 2. The molecule has 0 saturated heterocycles. The van der Waals surface area contributed by atoms with Crippen LogP contribution in [0.2, 0.25) is 0 Å². The summed E-state index contributed by atoms with van der Waals surface area (Å²) >= 11 is 1.35. The predicted molar refractivity (Wildman–Crippen MR) is 69.9 cm³/mol. The first kappa shape index (κ1) is 14.6. The summed E-state index contributed by atoms with van der Waals surface area (Å²) in [4.78, 5) is 26.9. The largest absolute Gasteiger partial charge is 0.481 e. The molecule has 1 amide bonds. The van der Waals surface area contributed by atoms with Gasteiger partial charge in [-0.2, -0.15) is 0 Å². The maximum absolute atomic E-state index is 11.8. The van der Waals surface area contributed by atoms with Gasteiger partial charge in [-0.15, -0.1) is 11.3 Å². The molecule has 0 aliphatic carbocycles. The molecule has 0 spiro atoms. The standard InChI is InChI=1S/C12H18N2O3S/c1-2-9-11(18-8-14-9)12(17)13-7-5-3-4-6-10(15)16/h8H,2-7H2,1H3,(H,13,17)(H,15,16). The van der Waals surface area contributed by atoms with Gasteiger partial charge < -0.3 is 10.4 Å². The van der Waals surface area contributed by atoms with Gasteiger partial charge in [0.1, 0.15) is 4.88 Å². The number of nitrogens with zero attached hydrogens (tertiary/aromatic N) is 1. The summed E-state index contributed by atoms with van der Waals surface area (Å²) in [7, 11) is 0. The summed E-state index contributed by atoms with van der Waals surface area (Å²) < 4.78 is 0. The van der Waals surface area contributed by atoms with E-state index in [0.717, 1.165) is 25.0 Å². The third-order valence-electron chi connectivity index (χ3n) is 2.54. The van der Waals surface area contributed by atoms with Gasteiger partial charge in [0.25, 0.3) is 5.91 Å². The molecule has 6 heteroatoms. The Bertz CT molecular complexity index is 404. The Balaban J connectivity index is 2.20. The van der Waals surface area contributed by atoms with Gasteiger partial charge in [0, 0.05) is 13.0 Å². The van der Waals surface area contributed by atoms with Crippen molar-refractivity contribution in [3.8, 4) is 0 Å². The molecule has 1 aromatic heterocycles. The van der Waals surface area contributed by atoms with E-state index in [1.807, 2.05) is 6.92 Å². The molecule has 5 nitrogen and oxygen atoms in total. The van der Waals surface area contributed by atoms with Crippen molar-refractivity contribution < 1.29 is 14.7 Å². The van der Waals surface area contributed by atoms with E-state index < -0.39 is 5.97 Å². The van der Waals surface area contributed by atoms with Crippen LogP contribution in [0.5, 0.6) is 0 Å². The Morgan fingerprint density at radius 1 is 1.39 bits per heavy atom. The zero-order chi connectivity index (χ0) is 13.4. The smallest absolute Gasteiger partial charge is 0.303 e. The van der Waals surface area contributed by atoms with Crippen molar-refractivity contribution in [3.63, 3.8) is 0 Å². The van der Waals surface area contributed by atoms with Gasteiger partial charge in [-0.25, -0.2) is 4.98 Å². The van der Waals surface area contributed by atoms with E-state index in [9.17, 15) is 9.59 Å². The second kappa shape index (κ2) is 7.81. The number of hydrogen-bond donors (Lipinski definition) is 2. The van der Waals surface area contributed by atoms with E-state index in [2.05, 4.69) is 10.3 Å². The molecule has 0 fully saturated rings. The van der Waals surface area contributed by atoms with Crippen LogP contribution in [0.4, 0.5) is 0 Å². The topological polar surface area (TPSA) is 79.3 Å². The van der Waals surface area contributed by atoms with Crippen molar-refractivity contribution in [1.82, 2.24) is 10.3 Å². The molecule has 0 aromatic carbocycles. The van der Waals surface area contributed by atoms with Crippen LogP contribution in [0.3, 0.4) is 0 Å². The molecule has 2 N–H and O–H groups in total. The maximum atomic E-state index is 11.8. The van der Waals surface area contributed by atoms with Crippen LogP contribution in [0.25, 0.3) is 0 Å². The maximum Gasteiger partial charge on any atom is 0.303 e. The number of aliphatic carboxylic acids is 1. The van der Waals surface area contributed by atoms with Crippen molar-refractivity contribution in [2.24, 2.45) is 0 Å². The number of aryl methyl sites for hydroxylation is 1. The lowest BCUT2D eigenvalue weighted by molar-refractivity contribution is -0.137. The quantitative estimate of drug-likeness (QED) is 0.709. The second-order valence-electron chi connectivity index (χ2n) is 3.94. The molecular formula is C12H18N2O3S. The van der Waals surface area contributed by atoms with Gasteiger partial charge in [0.15, 0.2) is 0 Å². The van der Waals surface area contributed by atoms with Crippen molar-refractivity contribution >= 4 is 23.2 Å². The van der Waals surface area contributed by atoms with E-state index in [-0.39, 0.29) is 12.3 Å². The molecule has 0 bridgehead atoms. The molecule has 100 valence electrons. The van der Waals surface area contributed by atoms with Gasteiger partial charge in [-0.1, -0.05) is 13.3 Å². The lowest BCUT2D eigenvalue weighted by Crippen LogP contribution is -2.24. The number of nitrogens with one attached hydrogen (secondary N) is 1. The Kier molecular flexibility index (Phi) is 6.35. The van der Waals surface area contributed by atoms with E-state index in [4.69, 9.17) is 5.11 Å². The van der Waals surface area contributed by atoms with E-state index in [0.29, 0.717) is 17.8 Å². The Labute approximate surface area is 110 Å². The van der Waals surface area contributed by atoms with Gasteiger partial charge in [0.2, 0.25) is 0 Å². The van der Waals surface area contributed by atoms with Crippen molar-refractivity contribution in [3.05, 3.63) is 16.1 Å². The van der Waals surface area contributed by atoms with Gasteiger partial charge in [-0.05, 0) is 19.3 Å². The van der Waals surface area contributed by atoms with E-state index in [1.54, 1.807) is 5.51 Å². The number of carbonyl (C=O) groups excluding carboxylic acids is 1. The number of rotatable bonds is 8. The average Bonchev–Trinajstić information content (AvgIpc) is 2.81. The molecule has 1 rings (SSSR count). The molecular weight excluding hydrogens is 252 g/mol. The average molecular weight is 270 g/mol. The first-order valence-corrected chi connectivity index (χ1v) is 6.95. The Morgan fingerprint density at radius 3 is 2.83 bits per heavy atom. The first-order valence-electron chi connectivity index (χ1n) is 6.07. The van der Waals surface area contributed by atoms with Crippen LogP contribution >= 0.6 is 11.3 Å². The first-order chi connectivity index (χ1) is 8.65. The van der Waals surface area contributed by atoms with Gasteiger partial charge in [-0.3, -0.25) is 9.59 Å². The SMILES string of the molecule is CCc1ncsc1C(=O)NCCCCCC(=O)O. The summed E-state index contributed by atoms with van der Waals surface area (Å²) in [5, 5.41) is 11.3. The number of carbonyl (C=O) groups is 2. The molecule has 0 radical (unpaired) electrons. The highest BCUT2D eigenvalue weighted by molar-refractivity contribution is 7.11. The van der Waals surface area contributed by atoms with Crippen LogP contribution in [-0.2, 0) is 11.2 Å². The lowest BCUT2D eigenvalue weighted by atomic mass is 10.2. The fourth-order valence-corrected chi connectivity index (χ4v) is 2.36. The minimum Gasteiger partial charge on any atom is -0.481 e. The summed E-state index contributed by atoms with van der Waals surface area (Å²) in [6.07, 6.45) is 3.23. The molecule has 1 heterocycles. The zero-order valence-electron chi connectivity index (χ0n) is 10.4. The highest BCUT2D eigenvalue weighted by Crippen LogP contribution is 2.13. The fraction of sp³-hybridized carbons (Fsp3) is 0.583. The van der Waals surface area contributed by atoms with Crippen LogP contribution in [0.1, 0.15) is 48.0 Å². The van der Waals surface area contributed by atoms with E-state index >= 15 is 0 Å². The number of carboxylic acid groups (broad SMARTS) is 1. The molecule has 1 aromatic rings. The predicted octanol–water partition coefficient (Wildman–Crippen LogP) is 2.08. The minimum atomic E-state index is -0.767. The molecule has 0 atom stereocenters. The summed E-state index contributed by atoms with van der Waals surface area (Å²) in [6, 6.07) is 0. The summed E-state index contributed by atoms with van der Waals surface area (Å²) in [5.74, 6) is -0.844. The van der Waals surface area contributed by atoms with Crippen molar-refractivity contribution in [2.45, 2.75) is 39.0 Å². The van der Waals surface area contributed by atoms with Crippen LogP contribution < -0.4 is 5.32 Å². The van der Waals surface area contributed by atoms with Crippen LogP contribution in [-0.4, -0.2) is 28.5 Å². The molecule has 0 unspecified atom stereocenters. The number of amides is 1. The van der Waals surface area contributed by atoms with Gasteiger partial charge >= 0.3 is 5.97 Å². The summed E-state index contributed by atoms with van der Waals surface area (Å²) in [5.41, 5.74) is 2.52. The monoisotopic (exact) mass is 270 g/mol. The van der Waals surface area contributed by atoms with Crippen LogP contribution in [0, 0.1) is 0 Å². The Hall–Kier alpha value is -1.43. The highest BCUT2D eigenvalue weighted by atomic mass is 32.1. The third-order valence-corrected chi connectivity index (χ3v) is 3.40. The van der Waals surface area contributed by atoms with Crippen molar-refractivity contribution in [1.29, 1.82) is 0 Å². The number of aromatic nitrogens is 1. The normalized spacial score (nSPS) is 10.3. The molecule has 18 heavy (non-hydrogen) atoms. The molecule has 0 aliphatic rings. The van der Waals surface area contributed by atoms with Gasteiger partial charge in [0.05, 0.1) is 11.2 Å². The zero-order valence-corrected chi connectivity index (χ0v) is 11.3. The third kappa shape index (κ3) is 4.83. The van der Waals surface area contributed by atoms with Crippen molar-refractivity contribution in [2.75, 3.05) is 6.54 Å².